The molecule has 0 aliphatic heterocycles. The van der Waals surface area contributed by atoms with Gasteiger partial charge in [-0.25, -0.2) is 4.79 Å². The molecule has 1 amide bonds. The van der Waals surface area contributed by atoms with E-state index in [0.717, 1.165) is 22.3 Å². The van der Waals surface area contributed by atoms with Crippen LogP contribution in [0.2, 0.25) is 0 Å². The molecule has 0 radical (unpaired) electrons. The van der Waals surface area contributed by atoms with Crippen LogP contribution in [0.5, 0.6) is 5.75 Å². The first-order chi connectivity index (χ1) is 14.9. The zero-order valence-corrected chi connectivity index (χ0v) is 17.0. The Bertz CT molecular complexity index is 1090. The van der Waals surface area contributed by atoms with Gasteiger partial charge in [-0.2, -0.15) is 0 Å². The van der Waals surface area contributed by atoms with Crippen LogP contribution in [0.4, 0.5) is 4.79 Å². The van der Waals surface area contributed by atoms with Crippen LogP contribution in [-0.2, 0) is 9.53 Å². The average molecular weight is 417 g/mol. The molecular weight excluding hydrogens is 394 g/mol. The summed E-state index contributed by atoms with van der Waals surface area (Å²) in [7, 11) is 0. The van der Waals surface area contributed by atoms with E-state index >= 15 is 0 Å². The molecule has 158 valence electrons. The topological polar surface area (TPSA) is 95.9 Å². The summed E-state index contributed by atoms with van der Waals surface area (Å²) in [5.41, 5.74) is 5.67. The number of carbonyl (C=O) groups is 2. The van der Waals surface area contributed by atoms with E-state index in [4.69, 9.17) is 4.74 Å². The summed E-state index contributed by atoms with van der Waals surface area (Å²) >= 11 is 0. The van der Waals surface area contributed by atoms with Crippen molar-refractivity contribution in [2.24, 2.45) is 0 Å². The van der Waals surface area contributed by atoms with E-state index in [2.05, 4.69) is 17.4 Å². The number of phenolic OH excluding ortho intramolecular Hbond substituents is 1. The lowest BCUT2D eigenvalue weighted by Gasteiger charge is -2.20. The van der Waals surface area contributed by atoms with Gasteiger partial charge in [-0.05, 0) is 46.4 Å². The zero-order chi connectivity index (χ0) is 22.0. The van der Waals surface area contributed by atoms with Crippen molar-refractivity contribution in [1.29, 1.82) is 0 Å². The first-order valence-electron chi connectivity index (χ1n) is 10.1. The molecule has 3 aromatic rings. The molecule has 31 heavy (non-hydrogen) atoms. The van der Waals surface area contributed by atoms with Crippen LogP contribution in [0.25, 0.3) is 11.1 Å². The number of amides is 1. The van der Waals surface area contributed by atoms with Gasteiger partial charge in [-0.3, -0.25) is 4.79 Å². The van der Waals surface area contributed by atoms with Crippen LogP contribution in [0.15, 0.2) is 66.7 Å². The molecule has 1 unspecified atom stereocenters. The standard InChI is InChI=1S/C25H23NO5/c1-15-12-16(10-11-23(15)27)22(13-24(28)29)26-25(30)31-14-21-19-8-4-2-6-17(19)18-7-3-5-9-20(18)21/h2-12,21-22,27H,13-14H2,1H3,(H,26,30)(H,28,29). The fraction of sp³-hybridized carbons (Fsp3) is 0.200. The number of phenols is 1. The number of hydrogen-bond acceptors (Lipinski definition) is 4. The number of benzene rings is 3. The Balaban J connectivity index is 1.49. The lowest BCUT2D eigenvalue weighted by molar-refractivity contribution is -0.137. The number of carbonyl (C=O) groups excluding carboxylic acids is 1. The number of fused-ring (bicyclic) bond motifs is 3. The van der Waals surface area contributed by atoms with Gasteiger partial charge in [0.05, 0.1) is 12.5 Å². The third-order valence-electron chi connectivity index (χ3n) is 5.64. The van der Waals surface area contributed by atoms with Crippen molar-refractivity contribution in [2.45, 2.75) is 25.3 Å². The quantitative estimate of drug-likeness (QED) is 0.538. The van der Waals surface area contributed by atoms with Crippen molar-refractivity contribution < 1.29 is 24.5 Å². The van der Waals surface area contributed by atoms with E-state index in [1.54, 1.807) is 19.1 Å². The molecule has 6 heteroatoms. The third-order valence-corrected chi connectivity index (χ3v) is 5.64. The number of ether oxygens (including phenoxy) is 1. The molecule has 0 saturated heterocycles. The number of nitrogens with one attached hydrogen (secondary N) is 1. The maximum atomic E-state index is 12.6. The van der Waals surface area contributed by atoms with Gasteiger partial charge in [0.1, 0.15) is 12.4 Å². The smallest absolute Gasteiger partial charge is 0.407 e. The highest BCUT2D eigenvalue weighted by molar-refractivity contribution is 5.79. The van der Waals surface area contributed by atoms with Crippen molar-refractivity contribution in [3.63, 3.8) is 0 Å². The largest absolute Gasteiger partial charge is 0.508 e. The number of aryl methyl sites for hydroxylation is 1. The van der Waals surface area contributed by atoms with E-state index in [9.17, 15) is 19.8 Å². The van der Waals surface area contributed by atoms with Crippen molar-refractivity contribution >= 4 is 12.1 Å². The normalized spacial score (nSPS) is 13.2. The Kier molecular flexibility index (Phi) is 5.62. The predicted octanol–water partition coefficient (Wildman–Crippen LogP) is 4.76. The number of alkyl carbamates (subject to hydrolysis) is 1. The van der Waals surface area contributed by atoms with Gasteiger partial charge in [0.25, 0.3) is 0 Å². The molecule has 3 N–H and O–H groups in total. The minimum atomic E-state index is -1.05. The maximum absolute atomic E-state index is 12.6. The van der Waals surface area contributed by atoms with Gasteiger partial charge < -0.3 is 20.3 Å². The summed E-state index contributed by atoms with van der Waals surface area (Å²) < 4.78 is 5.53. The number of aromatic hydroxyl groups is 1. The van der Waals surface area contributed by atoms with E-state index in [0.29, 0.717) is 11.1 Å². The minimum absolute atomic E-state index is 0.0769. The molecule has 0 fully saturated rings. The summed E-state index contributed by atoms with van der Waals surface area (Å²) in [5.74, 6) is -1.01. The monoisotopic (exact) mass is 417 g/mol. The fourth-order valence-electron chi connectivity index (χ4n) is 4.10. The molecule has 1 aliphatic carbocycles. The number of hydrogen-bond donors (Lipinski definition) is 3. The minimum Gasteiger partial charge on any atom is -0.508 e. The summed E-state index contributed by atoms with van der Waals surface area (Å²) in [6.07, 6.45) is -0.979. The highest BCUT2D eigenvalue weighted by Crippen LogP contribution is 2.44. The Morgan fingerprint density at radius 3 is 2.19 bits per heavy atom. The van der Waals surface area contributed by atoms with Gasteiger partial charge in [0.15, 0.2) is 0 Å². The molecule has 6 nitrogen and oxygen atoms in total. The van der Waals surface area contributed by atoms with Crippen LogP contribution >= 0.6 is 0 Å². The molecule has 0 heterocycles. The summed E-state index contributed by atoms with van der Waals surface area (Å²) in [6.45, 7) is 1.86. The lowest BCUT2D eigenvalue weighted by atomic mass is 9.98. The molecule has 0 saturated carbocycles. The van der Waals surface area contributed by atoms with E-state index in [1.165, 1.54) is 6.07 Å². The number of rotatable bonds is 6. The van der Waals surface area contributed by atoms with Crippen LogP contribution in [-0.4, -0.2) is 28.9 Å². The number of carboxylic acid groups (broad SMARTS) is 1. The Hall–Kier alpha value is -3.80. The predicted molar refractivity (Wildman–Crippen MR) is 116 cm³/mol. The fourth-order valence-corrected chi connectivity index (χ4v) is 4.10. The van der Waals surface area contributed by atoms with Crippen LogP contribution in [0.3, 0.4) is 0 Å². The van der Waals surface area contributed by atoms with Crippen molar-refractivity contribution in [3.8, 4) is 16.9 Å². The second-order valence-electron chi connectivity index (χ2n) is 7.67. The van der Waals surface area contributed by atoms with Gasteiger partial charge in [0, 0.05) is 5.92 Å². The maximum Gasteiger partial charge on any atom is 0.407 e. The summed E-state index contributed by atoms with van der Waals surface area (Å²) in [4.78, 5) is 23.9. The molecular formula is C25H23NO5. The Morgan fingerprint density at radius 1 is 1.00 bits per heavy atom. The number of aliphatic carboxylic acids is 1. The first kappa shape index (κ1) is 20.5. The van der Waals surface area contributed by atoms with Gasteiger partial charge in [0.2, 0.25) is 0 Å². The van der Waals surface area contributed by atoms with Crippen molar-refractivity contribution in [2.75, 3.05) is 6.61 Å². The van der Waals surface area contributed by atoms with Crippen molar-refractivity contribution in [3.05, 3.63) is 89.0 Å². The van der Waals surface area contributed by atoms with Crippen LogP contribution < -0.4 is 5.32 Å². The highest BCUT2D eigenvalue weighted by Gasteiger charge is 2.29. The van der Waals surface area contributed by atoms with E-state index in [1.807, 2.05) is 36.4 Å². The highest BCUT2D eigenvalue weighted by atomic mass is 16.5. The van der Waals surface area contributed by atoms with Gasteiger partial charge in [-0.1, -0.05) is 60.7 Å². The second kappa shape index (κ2) is 8.52. The van der Waals surface area contributed by atoms with Crippen LogP contribution in [0.1, 0.15) is 40.6 Å². The molecule has 3 aromatic carbocycles. The number of carboxylic acids is 1. The summed E-state index contributed by atoms with van der Waals surface area (Å²) in [6, 6.07) is 20.1. The van der Waals surface area contributed by atoms with Gasteiger partial charge >= 0.3 is 12.1 Å². The average Bonchev–Trinajstić information content (AvgIpc) is 3.07. The molecule has 0 bridgehead atoms. The first-order valence-corrected chi connectivity index (χ1v) is 10.1. The molecule has 1 aliphatic rings. The molecule has 4 rings (SSSR count). The third kappa shape index (κ3) is 4.23. The molecule has 1 atom stereocenters. The lowest BCUT2D eigenvalue weighted by Crippen LogP contribution is -2.31. The van der Waals surface area contributed by atoms with Gasteiger partial charge in [-0.15, -0.1) is 0 Å². The van der Waals surface area contributed by atoms with E-state index in [-0.39, 0.29) is 24.7 Å². The van der Waals surface area contributed by atoms with Crippen molar-refractivity contribution in [1.82, 2.24) is 5.32 Å². The van der Waals surface area contributed by atoms with Crippen LogP contribution in [0, 0.1) is 6.92 Å². The van der Waals surface area contributed by atoms with E-state index < -0.39 is 18.1 Å². The Labute approximate surface area is 180 Å². The Morgan fingerprint density at radius 2 is 1.61 bits per heavy atom. The molecule has 0 aromatic heterocycles. The molecule has 0 spiro atoms. The SMILES string of the molecule is Cc1cc(C(CC(=O)O)NC(=O)OCC2c3ccccc3-c3ccccc32)ccc1O. The zero-order valence-electron chi connectivity index (χ0n) is 17.0. The second-order valence-corrected chi connectivity index (χ2v) is 7.67. The summed E-state index contributed by atoms with van der Waals surface area (Å²) in [5, 5.41) is 21.6.